The van der Waals surface area contributed by atoms with Crippen LogP contribution in [-0.2, 0) is 9.53 Å². The Morgan fingerprint density at radius 1 is 1.30 bits per heavy atom. The van der Waals surface area contributed by atoms with E-state index in [-0.39, 0.29) is 5.97 Å². The zero-order valence-electron chi connectivity index (χ0n) is 7.44. The van der Waals surface area contributed by atoms with Crippen molar-refractivity contribution < 1.29 is 9.53 Å². The van der Waals surface area contributed by atoms with Crippen LogP contribution in [-0.4, -0.2) is 12.6 Å². The van der Waals surface area contributed by atoms with Crippen LogP contribution in [0.1, 0.15) is 40.5 Å². The van der Waals surface area contributed by atoms with Gasteiger partial charge in [-0.25, -0.2) is 0 Å². The van der Waals surface area contributed by atoms with Gasteiger partial charge in [0.2, 0.25) is 0 Å². The number of esters is 1. The lowest BCUT2D eigenvalue weighted by molar-refractivity contribution is -0.143. The first-order chi connectivity index (χ1) is 4.81. The fourth-order valence-electron chi connectivity index (χ4n) is 0.437. The van der Waals surface area contributed by atoms with Crippen molar-refractivity contribution in [2.24, 2.45) is 0 Å². The summed E-state index contributed by atoms with van der Waals surface area (Å²) in [5.74, 6) is -0.0880. The van der Waals surface area contributed by atoms with Crippen molar-refractivity contribution in [1.29, 1.82) is 0 Å². The van der Waals surface area contributed by atoms with Crippen molar-refractivity contribution in [2.45, 2.75) is 40.5 Å². The summed E-state index contributed by atoms with van der Waals surface area (Å²) in [6.07, 6.45) is 1.42. The van der Waals surface area contributed by atoms with Gasteiger partial charge >= 0.3 is 5.97 Å². The Morgan fingerprint density at radius 3 is 2.10 bits per heavy atom. The highest BCUT2D eigenvalue weighted by molar-refractivity contribution is 5.69. The normalized spacial score (nSPS) is 7.60. The molecule has 0 unspecified atom stereocenters. The summed E-state index contributed by atoms with van der Waals surface area (Å²) in [5, 5.41) is 0. The molecule has 2 nitrogen and oxygen atoms in total. The van der Waals surface area contributed by atoms with Crippen LogP contribution in [0.25, 0.3) is 0 Å². The predicted octanol–water partition coefficient (Wildman–Crippen LogP) is 2.38. The molecule has 0 radical (unpaired) electrons. The van der Waals surface area contributed by atoms with Gasteiger partial charge in [0.15, 0.2) is 0 Å². The molecular weight excluding hydrogens is 128 g/mol. The Labute approximate surface area is 63.6 Å². The maximum Gasteiger partial charge on any atom is 0.305 e. The molecule has 0 aromatic rings. The second kappa shape index (κ2) is 11.3. The van der Waals surface area contributed by atoms with E-state index in [1.807, 2.05) is 27.7 Å². The number of carbonyl (C=O) groups is 1. The molecule has 0 fully saturated rings. The molecule has 0 aliphatic carbocycles. The molecule has 0 rings (SSSR count). The summed E-state index contributed by atoms with van der Waals surface area (Å²) in [5.41, 5.74) is 0. The molecule has 0 aromatic heterocycles. The number of carbonyl (C=O) groups excluding carboxylic acids is 1. The highest BCUT2D eigenvalue weighted by Gasteiger charge is 1.95. The fourth-order valence-corrected chi connectivity index (χ4v) is 0.437. The Hall–Kier alpha value is -0.530. The first-order valence-electron chi connectivity index (χ1n) is 3.96. The fraction of sp³-hybridized carbons (Fsp3) is 0.875. The first kappa shape index (κ1) is 12.2. The summed E-state index contributed by atoms with van der Waals surface area (Å²) in [4.78, 5) is 10.4. The van der Waals surface area contributed by atoms with Crippen LogP contribution in [0.5, 0.6) is 0 Å². The number of hydrogen-bond donors (Lipinski definition) is 0. The van der Waals surface area contributed by atoms with Gasteiger partial charge in [-0.05, 0) is 13.3 Å². The van der Waals surface area contributed by atoms with Gasteiger partial charge in [0.25, 0.3) is 0 Å². The zero-order chi connectivity index (χ0) is 8.41. The highest BCUT2D eigenvalue weighted by Crippen LogP contribution is 1.89. The van der Waals surface area contributed by atoms with E-state index in [0.717, 1.165) is 6.42 Å². The van der Waals surface area contributed by atoms with Crippen molar-refractivity contribution in [3.63, 3.8) is 0 Å². The summed E-state index contributed by atoms with van der Waals surface area (Å²) in [6, 6.07) is 0. The summed E-state index contributed by atoms with van der Waals surface area (Å²) in [6.45, 7) is 8.27. The van der Waals surface area contributed by atoms with E-state index in [9.17, 15) is 4.79 Å². The molecule has 62 valence electrons. The Kier molecular flexibility index (Phi) is 13.7. The Morgan fingerprint density at radius 2 is 1.80 bits per heavy atom. The van der Waals surface area contributed by atoms with E-state index in [2.05, 4.69) is 4.74 Å². The van der Waals surface area contributed by atoms with Crippen molar-refractivity contribution in [3.05, 3.63) is 0 Å². The molecule has 0 aromatic carbocycles. The third kappa shape index (κ3) is 10.5. The molecule has 2 heteroatoms. The van der Waals surface area contributed by atoms with Gasteiger partial charge in [0.1, 0.15) is 0 Å². The molecule has 0 aliphatic heterocycles. The first-order valence-corrected chi connectivity index (χ1v) is 3.96. The van der Waals surface area contributed by atoms with Crippen LogP contribution in [0.3, 0.4) is 0 Å². The van der Waals surface area contributed by atoms with Crippen LogP contribution in [0, 0.1) is 0 Å². The van der Waals surface area contributed by atoms with E-state index in [1.54, 1.807) is 0 Å². The predicted molar refractivity (Wildman–Crippen MR) is 42.9 cm³/mol. The number of ether oxygens (including phenoxy) is 1. The summed E-state index contributed by atoms with van der Waals surface area (Å²) < 4.78 is 4.64. The van der Waals surface area contributed by atoms with E-state index < -0.39 is 0 Å². The third-order valence-electron chi connectivity index (χ3n) is 0.759. The molecule has 0 bridgehead atoms. The molecule has 0 heterocycles. The maximum absolute atomic E-state index is 10.4. The van der Waals surface area contributed by atoms with Crippen LogP contribution >= 0.6 is 0 Å². The van der Waals surface area contributed by atoms with Crippen molar-refractivity contribution in [1.82, 2.24) is 0 Å². The van der Waals surface area contributed by atoms with Gasteiger partial charge < -0.3 is 4.74 Å². The molecule has 0 saturated carbocycles. The lowest BCUT2D eigenvalue weighted by atomic mass is 10.3. The molecule has 0 amide bonds. The van der Waals surface area contributed by atoms with Crippen LogP contribution in [0.4, 0.5) is 0 Å². The van der Waals surface area contributed by atoms with Crippen LogP contribution in [0.2, 0.25) is 0 Å². The van der Waals surface area contributed by atoms with E-state index in [1.165, 1.54) is 0 Å². The quantitative estimate of drug-likeness (QED) is 0.571. The van der Waals surface area contributed by atoms with Gasteiger partial charge in [0.05, 0.1) is 6.61 Å². The highest BCUT2D eigenvalue weighted by atomic mass is 16.5. The average molecular weight is 146 g/mol. The maximum atomic E-state index is 10.4. The van der Waals surface area contributed by atoms with E-state index in [4.69, 9.17) is 0 Å². The molecule has 0 spiro atoms. The monoisotopic (exact) mass is 146 g/mol. The average Bonchev–Trinajstić information content (AvgIpc) is 1.93. The van der Waals surface area contributed by atoms with Crippen LogP contribution in [0.15, 0.2) is 0 Å². The van der Waals surface area contributed by atoms with Gasteiger partial charge in [-0.3, -0.25) is 4.79 Å². The molecular formula is C8H18O2. The molecule has 0 aliphatic rings. The standard InChI is InChI=1S/C6H12O2.C2H6/c1-3-5-6(7)8-4-2;1-2/h3-5H2,1-2H3;1-2H3. The molecule has 0 saturated heterocycles. The summed E-state index contributed by atoms with van der Waals surface area (Å²) >= 11 is 0. The van der Waals surface area contributed by atoms with Crippen molar-refractivity contribution in [2.75, 3.05) is 6.61 Å². The van der Waals surface area contributed by atoms with Crippen LogP contribution < -0.4 is 0 Å². The minimum Gasteiger partial charge on any atom is -0.466 e. The Balaban J connectivity index is 0. The topological polar surface area (TPSA) is 26.3 Å². The Bertz CT molecular complexity index is 61.7. The lowest BCUT2D eigenvalue weighted by Crippen LogP contribution is -2.01. The summed E-state index contributed by atoms with van der Waals surface area (Å²) in [7, 11) is 0. The SMILES string of the molecule is CC.CCCC(=O)OCC. The molecule has 10 heavy (non-hydrogen) atoms. The number of hydrogen-bond acceptors (Lipinski definition) is 2. The minimum atomic E-state index is -0.0880. The third-order valence-corrected chi connectivity index (χ3v) is 0.759. The zero-order valence-corrected chi connectivity index (χ0v) is 7.44. The van der Waals surface area contributed by atoms with E-state index in [0.29, 0.717) is 13.0 Å². The second-order valence-corrected chi connectivity index (χ2v) is 1.56. The van der Waals surface area contributed by atoms with Crippen molar-refractivity contribution >= 4 is 5.97 Å². The smallest absolute Gasteiger partial charge is 0.305 e. The molecule has 0 N–H and O–H groups in total. The van der Waals surface area contributed by atoms with Gasteiger partial charge in [-0.15, -0.1) is 0 Å². The van der Waals surface area contributed by atoms with Crippen molar-refractivity contribution in [3.8, 4) is 0 Å². The second-order valence-electron chi connectivity index (χ2n) is 1.56. The molecule has 0 atom stereocenters. The van der Waals surface area contributed by atoms with Gasteiger partial charge in [-0.1, -0.05) is 20.8 Å². The van der Waals surface area contributed by atoms with E-state index >= 15 is 0 Å². The minimum absolute atomic E-state index is 0.0880. The lowest BCUT2D eigenvalue weighted by Gasteiger charge is -1.96. The van der Waals surface area contributed by atoms with Gasteiger partial charge in [-0.2, -0.15) is 0 Å². The van der Waals surface area contributed by atoms with Gasteiger partial charge in [0, 0.05) is 6.42 Å². The largest absolute Gasteiger partial charge is 0.466 e. The number of rotatable bonds is 3.